The Kier molecular flexibility index (Phi) is 3.74. The van der Waals surface area contributed by atoms with Crippen LogP contribution in [0.2, 0.25) is 5.02 Å². The van der Waals surface area contributed by atoms with Crippen LogP contribution in [0.3, 0.4) is 0 Å². The molecular weight excluding hydrogens is 300 g/mol. The molecule has 3 rings (SSSR count). The predicted molar refractivity (Wildman–Crippen MR) is 79.2 cm³/mol. The van der Waals surface area contributed by atoms with E-state index >= 15 is 0 Å². The van der Waals surface area contributed by atoms with Gasteiger partial charge >= 0.3 is 0 Å². The van der Waals surface area contributed by atoms with E-state index < -0.39 is 0 Å². The maximum Gasteiger partial charge on any atom is 0.194 e. The van der Waals surface area contributed by atoms with E-state index in [4.69, 9.17) is 17.3 Å². The first-order valence-corrected chi connectivity index (χ1v) is 7.79. The lowest BCUT2D eigenvalue weighted by Gasteiger charge is -2.02. The molecule has 0 atom stereocenters. The first kappa shape index (κ1) is 12.9. The van der Waals surface area contributed by atoms with Crippen molar-refractivity contribution in [2.45, 2.75) is 16.5 Å². The predicted octanol–water partition coefficient (Wildman–Crippen LogP) is 3.10. The van der Waals surface area contributed by atoms with Gasteiger partial charge in [-0.15, -0.1) is 11.3 Å². The van der Waals surface area contributed by atoms with E-state index in [0.29, 0.717) is 11.6 Å². The fourth-order valence-electron chi connectivity index (χ4n) is 1.78. The van der Waals surface area contributed by atoms with Gasteiger partial charge in [-0.2, -0.15) is 0 Å². The van der Waals surface area contributed by atoms with Crippen LogP contribution in [0, 0.1) is 0 Å². The van der Waals surface area contributed by atoms with Gasteiger partial charge in [-0.25, -0.2) is 9.97 Å². The highest BCUT2D eigenvalue weighted by Gasteiger charge is 2.14. The molecule has 3 aromatic heterocycles. The van der Waals surface area contributed by atoms with E-state index in [1.807, 2.05) is 23.7 Å². The highest BCUT2D eigenvalue weighted by Crippen LogP contribution is 2.31. The average Bonchev–Trinajstić information content (AvgIpc) is 2.96. The van der Waals surface area contributed by atoms with Crippen LogP contribution in [-0.2, 0) is 6.42 Å². The summed E-state index contributed by atoms with van der Waals surface area (Å²) < 4.78 is 2.09. The number of hydrogen-bond donors (Lipinski definition) is 1. The Hall–Kier alpha value is -1.08. The third kappa shape index (κ3) is 2.62. The molecule has 0 fully saturated rings. The van der Waals surface area contributed by atoms with Crippen molar-refractivity contribution >= 4 is 39.7 Å². The number of hydrogen-bond acceptors (Lipinski definition) is 5. The summed E-state index contributed by atoms with van der Waals surface area (Å²) >= 11 is 9.00. The van der Waals surface area contributed by atoms with Gasteiger partial charge < -0.3 is 5.73 Å². The molecule has 0 aliphatic carbocycles. The van der Waals surface area contributed by atoms with Gasteiger partial charge in [-0.3, -0.25) is 4.40 Å². The fraction of sp³-hybridized carbons (Fsp3) is 0.167. The largest absolute Gasteiger partial charge is 0.330 e. The fourth-order valence-corrected chi connectivity index (χ4v) is 3.57. The second-order valence-corrected chi connectivity index (χ2v) is 6.19. The molecule has 3 aromatic rings. The molecule has 7 heteroatoms. The molecule has 0 radical (unpaired) electrons. The Labute approximate surface area is 123 Å². The minimum Gasteiger partial charge on any atom is -0.330 e. The lowest BCUT2D eigenvalue weighted by atomic mass is 10.3. The van der Waals surface area contributed by atoms with E-state index in [9.17, 15) is 0 Å². The second kappa shape index (κ2) is 5.50. The molecule has 4 nitrogen and oxygen atoms in total. The van der Waals surface area contributed by atoms with Crippen LogP contribution < -0.4 is 5.73 Å². The molecule has 2 N–H and O–H groups in total. The van der Waals surface area contributed by atoms with Gasteiger partial charge in [-0.05, 0) is 30.4 Å². The van der Waals surface area contributed by atoms with Crippen LogP contribution >= 0.6 is 34.7 Å². The maximum absolute atomic E-state index is 5.84. The zero-order valence-corrected chi connectivity index (χ0v) is 12.3. The molecule has 0 spiro atoms. The summed E-state index contributed by atoms with van der Waals surface area (Å²) in [6.45, 7) is 0.602. The van der Waals surface area contributed by atoms with Crippen LogP contribution in [0.1, 0.15) is 5.69 Å². The highest BCUT2D eigenvalue weighted by molar-refractivity contribution is 7.99. The van der Waals surface area contributed by atoms with Crippen LogP contribution in [0.4, 0.5) is 0 Å². The summed E-state index contributed by atoms with van der Waals surface area (Å²) in [7, 11) is 0. The van der Waals surface area contributed by atoms with Crippen molar-refractivity contribution in [3.63, 3.8) is 0 Å². The van der Waals surface area contributed by atoms with Gasteiger partial charge in [0.2, 0.25) is 0 Å². The number of imidazole rings is 1. The number of nitrogens with zero attached hydrogens (tertiary/aromatic N) is 3. The Bertz CT molecular complexity index is 689. The first-order chi connectivity index (χ1) is 9.28. The molecule has 3 heterocycles. The van der Waals surface area contributed by atoms with Crippen molar-refractivity contribution in [3.8, 4) is 0 Å². The lowest BCUT2D eigenvalue weighted by Crippen LogP contribution is -2.05. The number of thiazole rings is 1. The monoisotopic (exact) mass is 310 g/mol. The van der Waals surface area contributed by atoms with Crippen LogP contribution in [0.15, 0.2) is 40.0 Å². The lowest BCUT2D eigenvalue weighted by molar-refractivity contribution is 0.878. The number of fused-ring (bicyclic) bond motifs is 1. The first-order valence-electron chi connectivity index (χ1n) is 5.72. The number of rotatable bonds is 4. The van der Waals surface area contributed by atoms with Gasteiger partial charge in [0, 0.05) is 24.2 Å². The number of halogens is 1. The molecule has 0 aromatic carbocycles. The molecule has 98 valence electrons. The molecule has 0 saturated carbocycles. The number of pyridine rings is 1. The van der Waals surface area contributed by atoms with Gasteiger partial charge in [0.25, 0.3) is 0 Å². The molecule has 0 amide bonds. The van der Waals surface area contributed by atoms with E-state index in [0.717, 1.165) is 27.1 Å². The summed E-state index contributed by atoms with van der Waals surface area (Å²) in [5, 5.41) is 4.51. The highest BCUT2D eigenvalue weighted by atomic mass is 35.5. The van der Waals surface area contributed by atoms with E-state index in [2.05, 4.69) is 14.4 Å². The van der Waals surface area contributed by atoms with Crippen molar-refractivity contribution in [3.05, 3.63) is 40.6 Å². The van der Waals surface area contributed by atoms with Crippen molar-refractivity contribution in [1.82, 2.24) is 14.4 Å². The van der Waals surface area contributed by atoms with Crippen molar-refractivity contribution in [2.24, 2.45) is 5.73 Å². The van der Waals surface area contributed by atoms with E-state index in [1.54, 1.807) is 29.3 Å². The van der Waals surface area contributed by atoms with E-state index in [1.165, 1.54) is 0 Å². The molecule has 0 aliphatic rings. The van der Waals surface area contributed by atoms with Crippen LogP contribution in [-0.4, -0.2) is 20.9 Å². The normalized spacial score (nSPS) is 11.3. The summed E-state index contributed by atoms with van der Waals surface area (Å²) in [5.74, 6) is 0. The number of nitrogens with two attached hydrogens (primary N) is 1. The van der Waals surface area contributed by atoms with Gasteiger partial charge in [-0.1, -0.05) is 11.6 Å². The van der Waals surface area contributed by atoms with Crippen LogP contribution in [0.5, 0.6) is 0 Å². The molecular formula is C12H11ClN4S2. The Morgan fingerprint density at radius 1 is 1.42 bits per heavy atom. The SMILES string of the molecule is NCCc1c(Sc2ccc(Cl)cn2)nc2sccn12. The third-order valence-corrected chi connectivity index (χ3v) is 4.56. The third-order valence-electron chi connectivity index (χ3n) is 2.61. The maximum atomic E-state index is 5.84. The minimum atomic E-state index is 0.602. The zero-order valence-electron chi connectivity index (χ0n) is 9.91. The Morgan fingerprint density at radius 3 is 3.05 bits per heavy atom. The second-order valence-electron chi connectivity index (χ2n) is 3.87. The smallest absolute Gasteiger partial charge is 0.194 e. The van der Waals surface area contributed by atoms with Crippen LogP contribution in [0.25, 0.3) is 4.96 Å². The van der Waals surface area contributed by atoms with Gasteiger partial charge in [0.05, 0.1) is 10.7 Å². The molecule has 0 unspecified atom stereocenters. The summed E-state index contributed by atoms with van der Waals surface area (Å²) in [4.78, 5) is 9.89. The molecule has 0 bridgehead atoms. The summed E-state index contributed by atoms with van der Waals surface area (Å²) in [5.41, 5.74) is 6.82. The average molecular weight is 311 g/mol. The van der Waals surface area contributed by atoms with Crippen molar-refractivity contribution in [1.29, 1.82) is 0 Å². The molecule has 19 heavy (non-hydrogen) atoms. The Balaban J connectivity index is 1.97. The zero-order chi connectivity index (χ0) is 13.2. The molecule has 0 aliphatic heterocycles. The summed E-state index contributed by atoms with van der Waals surface area (Å²) in [6.07, 6.45) is 4.47. The minimum absolute atomic E-state index is 0.602. The standard InChI is InChI=1S/C12H11ClN4S2/c13-8-1-2-10(15-7-8)19-11-9(3-4-14)17-5-6-18-12(17)16-11/h1-2,5-7H,3-4,14H2. The number of aromatic nitrogens is 3. The van der Waals surface area contributed by atoms with Crippen molar-refractivity contribution < 1.29 is 0 Å². The van der Waals surface area contributed by atoms with Gasteiger partial charge in [0.15, 0.2) is 4.96 Å². The van der Waals surface area contributed by atoms with Gasteiger partial charge in [0.1, 0.15) is 10.1 Å². The molecule has 0 saturated heterocycles. The topological polar surface area (TPSA) is 56.2 Å². The quantitative estimate of drug-likeness (QED) is 0.804. The van der Waals surface area contributed by atoms with Crippen molar-refractivity contribution in [2.75, 3.05) is 6.54 Å². The Morgan fingerprint density at radius 2 is 2.32 bits per heavy atom. The van der Waals surface area contributed by atoms with E-state index in [-0.39, 0.29) is 0 Å². The summed E-state index contributed by atoms with van der Waals surface area (Å²) in [6, 6.07) is 3.73.